The number of imide groups is 1. The van der Waals surface area contributed by atoms with E-state index in [-0.39, 0.29) is 18.9 Å². The highest BCUT2D eigenvalue weighted by molar-refractivity contribution is 5.97. The van der Waals surface area contributed by atoms with Gasteiger partial charge in [-0.1, -0.05) is 24.6 Å². The normalized spacial score (nSPS) is 20.0. The Morgan fingerprint density at radius 1 is 1.19 bits per heavy atom. The quantitative estimate of drug-likeness (QED) is 0.892. The summed E-state index contributed by atoms with van der Waals surface area (Å²) in [5, 5.41) is 11.4. The summed E-state index contributed by atoms with van der Waals surface area (Å²) < 4.78 is 7.41. The first-order valence-corrected chi connectivity index (χ1v) is 9.32. The van der Waals surface area contributed by atoms with Crippen LogP contribution in [-0.4, -0.2) is 38.7 Å². The number of rotatable bonds is 4. The summed E-state index contributed by atoms with van der Waals surface area (Å²) in [5.74, 6) is 2.05. The predicted molar refractivity (Wildman–Crippen MR) is 97.0 cm³/mol. The number of methoxy groups -OCH3 is 1. The molecule has 1 aromatic carbocycles. The predicted octanol–water partition coefficient (Wildman–Crippen LogP) is 2.20. The molecule has 3 heterocycles. The minimum absolute atomic E-state index is 0.149. The van der Waals surface area contributed by atoms with E-state index in [0.29, 0.717) is 11.6 Å². The monoisotopic (exact) mass is 369 g/mol. The number of ether oxygens (including phenoxy) is 1. The molecule has 2 aliphatic rings. The van der Waals surface area contributed by atoms with E-state index in [2.05, 4.69) is 20.1 Å². The summed E-state index contributed by atoms with van der Waals surface area (Å²) >= 11 is 0. The number of nitrogens with one attached hydrogen (secondary N) is 1. The van der Waals surface area contributed by atoms with Gasteiger partial charge >= 0.3 is 6.03 Å². The lowest BCUT2D eigenvalue weighted by atomic mass is 10.0. The van der Waals surface area contributed by atoms with Crippen LogP contribution in [-0.2, 0) is 24.3 Å². The Morgan fingerprint density at radius 3 is 2.85 bits per heavy atom. The summed E-state index contributed by atoms with van der Waals surface area (Å²) in [7, 11) is 1.58. The number of nitrogens with zero attached hydrogens (tertiary/aromatic N) is 4. The first-order chi connectivity index (χ1) is 13.2. The average molecular weight is 369 g/mol. The van der Waals surface area contributed by atoms with Gasteiger partial charge in [0.25, 0.3) is 0 Å². The van der Waals surface area contributed by atoms with Gasteiger partial charge in [-0.3, -0.25) is 9.69 Å². The third-order valence-corrected chi connectivity index (χ3v) is 5.22. The van der Waals surface area contributed by atoms with E-state index in [1.54, 1.807) is 7.11 Å². The van der Waals surface area contributed by atoms with Crippen molar-refractivity contribution in [3.8, 4) is 5.75 Å². The molecule has 1 N–H and O–H groups in total. The highest BCUT2D eigenvalue weighted by Crippen LogP contribution is 2.30. The van der Waals surface area contributed by atoms with E-state index in [9.17, 15) is 9.59 Å². The molecule has 0 radical (unpaired) electrons. The second-order valence-corrected chi connectivity index (χ2v) is 6.92. The van der Waals surface area contributed by atoms with Crippen molar-refractivity contribution in [3.05, 3.63) is 41.5 Å². The Bertz CT molecular complexity index is 845. The van der Waals surface area contributed by atoms with Crippen LogP contribution in [0.3, 0.4) is 0 Å². The maximum Gasteiger partial charge on any atom is 0.325 e. The molecule has 8 nitrogen and oxygen atoms in total. The molecule has 1 unspecified atom stereocenters. The highest BCUT2D eigenvalue weighted by atomic mass is 16.5. The Balaban J connectivity index is 1.51. The smallest absolute Gasteiger partial charge is 0.325 e. The van der Waals surface area contributed by atoms with Crippen molar-refractivity contribution in [1.82, 2.24) is 25.0 Å². The third kappa shape index (κ3) is 3.39. The molecule has 0 bridgehead atoms. The number of para-hydroxylation sites is 1. The zero-order valence-electron chi connectivity index (χ0n) is 15.4. The summed E-state index contributed by atoms with van der Waals surface area (Å²) in [6.45, 7) is 0.988. The van der Waals surface area contributed by atoms with Crippen molar-refractivity contribution in [2.45, 2.75) is 51.2 Å². The average Bonchev–Trinajstić information content (AvgIpc) is 2.90. The Morgan fingerprint density at radius 2 is 2.04 bits per heavy atom. The second kappa shape index (κ2) is 7.38. The first kappa shape index (κ1) is 17.5. The van der Waals surface area contributed by atoms with Crippen LogP contribution < -0.4 is 10.1 Å². The molecule has 8 heteroatoms. The topological polar surface area (TPSA) is 89.3 Å². The molecule has 0 spiro atoms. The van der Waals surface area contributed by atoms with Gasteiger partial charge < -0.3 is 14.6 Å². The van der Waals surface area contributed by atoms with Gasteiger partial charge in [-0.05, 0) is 18.9 Å². The molecule has 2 aliphatic heterocycles. The lowest BCUT2D eigenvalue weighted by molar-refractivity contribution is -0.130. The van der Waals surface area contributed by atoms with Crippen LogP contribution in [0.2, 0.25) is 0 Å². The minimum Gasteiger partial charge on any atom is -0.496 e. The summed E-state index contributed by atoms with van der Waals surface area (Å²) in [4.78, 5) is 26.6. The largest absolute Gasteiger partial charge is 0.496 e. The van der Waals surface area contributed by atoms with Gasteiger partial charge in [0.15, 0.2) is 5.82 Å². The van der Waals surface area contributed by atoms with Gasteiger partial charge in [0.05, 0.1) is 26.1 Å². The Hall–Kier alpha value is -2.90. The number of carbonyl (C=O) groups is 2. The zero-order valence-corrected chi connectivity index (χ0v) is 15.4. The van der Waals surface area contributed by atoms with Crippen LogP contribution in [0.5, 0.6) is 5.75 Å². The van der Waals surface area contributed by atoms with Crippen molar-refractivity contribution >= 4 is 11.9 Å². The summed E-state index contributed by atoms with van der Waals surface area (Å²) in [5.41, 5.74) is 0.803. The number of carbonyl (C=O) groups excluding carboxylic acids is 2. The number of hydrogen-bond donors (Lipinski definition) is 1. The molecule has 3 amide bonds. The van der Waals surface area contributed by atoms with E-state index in [1.165, 1.54) is 4.90 Å². The molecule has 1 fully saturated rings. The molecule has 142 valence electrons. The summed E-state index contributed by atoms with van der Waals surface area (Å²) in [6, 6.07) is 6.61. The molecular weight excluding hydrogens is 346 g/mol. The van der Waals surface area contributed by atoms with Gasteiger partial charge in [0, 0.05) is 18.5 Å². The zero-order chi connectivity index (χ0) is 18.8. The highest BCUT2D eigenvalue weighted by Gasteiger charge is 2.35. The van der Waals surface area contributed by atoms with Gasteiger partial charge in [0.2, 0.25) is 5.91 Å². The fourth-order valence-corrected chi connectivity index (χ4v) is 3.78. The van der Waals surface area contributed by atoms with Crippen molar-refractivity contribution < 1.29 is 14.3 Å². The van der Waals surface area contributed by atoms with Gasteiger partial charge in [-0.15, -0.1) is 10.2 Å². The van der Waals surface area contributed by atoms with E-state index in [4.69, 9.17) is 4.74 Å². The number of amides is 3. The van der Waals surface area contributed by atoms with E-state index >= 15 is 0 Å². The van der Waals surface area contributed by atoms with Crippen LogP contribution in [0.25, 0.3) is 0 Å². The van der Waals surface area contributed by atoms with E-state index in [1.807, 2.05) is 24.3 Å². The Kier molecular flexibility index (Phi) is 4.79. The van der Waals surface area contributed by atoms with Crippen molar-refractivity contribution in [3.63, 3.8) is 0 Å². The lowest BCUT2D eigenvalue weighted by Crippen LogP contribution is -2.51. The molecule has 2 aromatic rings. The first-order valence-electron chi connectivity index (χ1n) is 9.32. The van der Waals surface area contributed by atoms with E-state index in [0.717, 1.165) is 43.6 Å². The SMILES string of the molecule is COc1ccccc1C1CC(=O)N(Cc2nnc3n2CCCCC3)C(=O)N1. The third-order valence-electron chi connectivity index (χ3n) is 5.22. The maximum atomic E-state index is 12.7. The number of hydrogen-bond acceptors (Lipinski definition) is 5. The standard InChI is InChI=1S/C19H23N5O3/c1-27-15-8-5-4-7-13(15)14-11-18(25)24(19(26)20-14)12-17-22-21-16-9-3-2-6-10-23(16)17/h4-5,7-8,14H,2-3,6,9-12H2,1H3,(H,20,26). The van der Waals surface area contributed by atoms with Crippen LogP contribution in [0, 0.1) is 0 Å². The van der Waals surface area contributed by atoms with Crippen LogP contribution >= 0.6 is 0 Å². The molecule has 1 atom stereocenters. The number of aryl methyl sites for hydroxylation is 1. The molecule has 1 saturated heterocycles. The van der Waals surface area contributed by atoms with Crippen molar-refractivity contribution in [1.29, 1.82) is 0 Å². The number of fused-ring (bicyclic) bond motifs is 1. The van der Waals surface area contributed by atoms with Crippen LogP contribution in [0.15, 0.2) is 24.3 Å². The van der Waals surface area contributed by atoms with Gasteiger partial charge in [0.1, 0.15) is 11.6 Å². The molecule has 27 heavy (non-hydrogen) atoms. The van der Waals surface area contributed by atoms with Crippen LogP contribution in [0.1, 0.15) is 48.9 Å². The van der Waals surface area contributed by atoms with Crippen molar-refractivity contribution in [2.75, 3.05) is 7.11 Å². The van der Waals surface area contributed by atoms with E-state index < -0.39 is 12.1 Å². The minimum atomic E-state index is -0.409. The van der Waals surface area contributed by atoms with Crippen molar-refractivity contribution in [2.24, 2.45) is 0 Å². The molecule has 0 saturated carbocycles. The second-order valence-electron chi connectivity index (χ2n) is 6.92. The lowest BCUT2D eigenvalue weighted by Gasteiger charge is -2.31. The van der Waals surface area contributed by atoms with Gasteiger partial charge in [-0.25, -0.2) is 4.79 Å². The number of aromatic nitrogens is 3. The fourth-order valence-electron chi connectivity index (χ4n) is 3.78. The molecular formula is C19H23N5O3. The molecule has 0 aliphatic carbocycles. The van der Waals surface area contributed by atoms with Crippen LogP contribution in [0.4, 0.5) is 4.79 Å². The molecule has 1 aromatic heterocycles. The maximum absolute atomic E-state index is 12.7. The van der Waals surface area contributed by atoms with Gasteiger partial charge in [-0.2, -0.15) is 0 Å². The summed E-state index contributed by atoms with van der Waals surface area (Å²) in [6.07, 6.45) is 4.40. The fraction of sp³-hybridized carbons (Fsp3) is 0.474. The number of benzene rings is 1. The molecule has 4 rings (SSSR count). The number of urea groups is 1. The Labute approximate surface area is 157 Å².